The molecular weight excluding hydrogens is 324 g/mol. The number of rotatable bonds is 5. The summed E-state index contributed by atoms with van der Waals surface area (Å²) in [7, 11) is 0. The predicted molar refractivity (Wildman–Crippen MR) is 94.7 cm³/mol. The Bertz CT molecular complexity index is 764. The number of benzene rings is 1. The highest BCUT2D eigenvalue weighted by molar-refractivity contribution is 7.99. The molecule has 1 aromatic carbocycles. The minimum atomic E-state index is 0.0333. The predicted octanol–water partition coefficient (Wildman–Crippen LogP) is 2.85. The zero-order valence-corrected chi connectivity index (χ0v) is 14.5. The average Bonchev–Trinajstić information content (AvgIpc) is 3.29. The molecule has 5 nitrogen and oxygen atoms in total. The third-order valence-corrected chi connectivity index (χ3v) is 5.77. The molecule has 0 spiro atoms. The van der Waals surface area contributed by atoms with Crippen molar-refractivity contribution in [2.24, 2.45) is 0 Å². The van der Waals surface area contributed by atoms with Crippen LogP contribution in [0.25, 0.3) is 10.9 Å². The fraction of sp³-hybridized carbons (Fsp3) is 0.556. The second-order valence-electron chi connectivity index (χ2n) is 6.41. The lowest BCUT2D eigenvalue weighted by atomic mass is 10.2. The van der Waals surface area contributed by atoms with Gasteiger partial charge >= 0.3 is 0 Å². The monoisotopic (exact) mass is 346 g/mol. The number of para-hydroxylation sites is 1. The number of ether oxygens (including phenoxy) is 2. The molecule has 128 valence electrons. The summed E-state index contributed by atoms with van der Waals surface area (Å²) in [6.45, 7) is 2.22. The molecule has 2 aromatic rings. The summed E-state index contributed by atoms with van der Waals surface area (Å²) in [4.78, 5) is 17.7. The van der Waals surface area contributed by atoms with Gasteiger partial charge in [-0.2, -0.15) is 0 Å². The molecular formula is C18H22N2O3S. The Labute approximate surface area is 145 Å². The highest BCUT2D eigenvalue weighted by Crippen LogP contribution is 2.24. The van der Waals surface area contributed by atoms with E-state index in [4.69, 9.17) is 14.5 Å². The molecule has 0 bridgehead atoms. The smallest absolute Gasteiger partial charge is 0.262 e. The van der Waals surface area contributed by atoms with Crippen LogP contribution in [-0.2, 0) is 16.0 Å². The van der Waals surface area contributed by atoms with Crippen LogP contribution in [0.1, 0.15) is 25.7 Å². The van der Waals surface area contributed by atoms with Crippen LogP contribution in [0.4, 0.5) is 0 Å². The van der Waals surface area contributed by atoms with Gasteiger partial charge in [0.05, 0.1) is 29.7 Å². The first kappa shape index (κ1) is 16.1. The van der Waals surface area contributed by atoms with E-state index in [1.807, 2.05) is 24.3 Å². The lowest BCUT2D eigenvalue weighted by Gasteiger charge is -2.17. The second-order valence-corrected chi connectivity index (χ2v) is 7.40. The molecule has 2 atom stereocenters. The van der Waals surface area contributed by atoms with Crippen LogP contribution in [0.3, 0.4) is 0 Å². The molecule has 24 heavy (non-hydrogen) atoms. The quantitative estimate of drug-likeness (QED) is 0.615. The standard InChI is InChI=1S/C18H22N2O3S/c21-17-15-7-1-2-8-16(15)19-18(24-12-14-6-4-10-23-14)20(17)11-13-5-3-9-22-13/h1-2,7-8,13-14H,3-6,9-12H2/t13-,14+/m1/s1. The van der Waals surface area contributed by atoms with Crippen LogP contribution in [-0.4, -0.2) is 40.7 Å². The number of aromatic nitrogens is 2. The fourth-order valence-corrected chi connectivity index (χ4v) is 4.43. The Hall–Kier alpha value is -1.37. The molecule has 0 aliphatic carbocycles. The van der Waals surface area contributed by atoms with Crippen molar-refractivity contribution in [3.63, 3.8) is 0 Å². The summed E-state index contributed by atoms with van der Waals surface area (Å²) in [6.07, 6.45) is 4.69. The van der Waals surface area contributed by atoms with Crippen LogP contribution in [0, 0.1) is 0 Å². The number of fused-ring (bicyclic) bond motifs is 1. The molecule has 0 amide bonds. The number of hydrogen-bond donors (Lipinski definition) is 0. The third kappa shape index (κ3) is 3.36. The van der Waals surface area contributed by atoms with Crippen LogP contribution in [0.2, 0.25) is 0 Å². The van der Waals surface area contributed by atoms with E-state index >= 15 is 0 Å². The van der Waals surface area contributed by atoms with E-state index in [1.165, 1.54) is 0 Å². The molecule has 4 rings (SSSR count). The van der Waals surface area contributed by atoms with E-state index in [2.05, 4.69) is 0 Å². The van der Waals surface area contributed by atoms with Crippen molar-refractivity contribution in [2.75, 3.05) is 19.0 Å². The largest absolute Gasteiger partial charge is 0.377 e. The van der Waals surface area contributed by atoms with Crippen LogP contribution >= 0.6 is 11.8 Å². The molecule has 2 fully saturated rings. The van der Waals surface area contributed by atoms with E-state index in [1.54, 1.807) is 16.3 Å². The fourth-order valence-electron chi connectivity index (χ4n) is 3.35. The maximum absolute atomic E-state index is 13.0. The van der Waals surface area contributed by atoms with Crippen molar-refractivity contribution in [1.82, 2.24) is 9.55 Å². The summed E-state index contributed by atoms with van der Waals surface area (Å²) < 4.78 is 13.2. The van der Waals surface area contributed by atoms with Crippen molar-refractivity contribution >= 4 is 22.7 Å². The lowest BCUT2D eigenvalue weighted by molar-refractivity contribution is 0.0937. The first-order valence-corrected chi connectivity index (χ1v) is 9.65. The van der Waals surface area contributed by atoms with Gasteiger partial charge in [0.15, 0.2) is 5.16 Å². The van der Waals surface area contributed by atoms with Crippen molar-refractivity contribution < 1.29 is 9.47 Å². The Morgan fingerprint density at radius 1 is 1.12 bits per heavy atom. The van der Waals surface area contributed by atoms with Gasteiger partial charge in [-0.1, -0.05) is 23.9 Å². The first-order chi connectivity index (χ1) is 11.8. The Morgan fingerprint density at radius 2 is 1.88 bits per heavy atom. The minimum absolute atomic E-state index is 0.0333. The van der Waals surface area contributed by atoms with Crippen molar-refractivity contribution in [1.29, 1.82) is 0 Å². The van der Waals surface area contributed by atoms with Gasteiger partial charge in [0.25, 0.3) is 5.56 Å². The Morgan fingerprint density at radius 3 is 2.62 bits per heavy atom. The average molecular weight is 346 g/mol. The van der Waals surface area contributed by atoms with Gasteiger partial charge in [-0.3, -0.25) is 9.36 Å². The van der Waals surface area contributed by atoms with Gasteiger partial charge in [-0.25, -0.2) is 4.98 Å². The molecule has 2 aliphatic heterocycles. The molecule has 0 N–H and O–H groups in total. The van der Waals surface area contributed by atoms with Crippen LogP contribution in [0.5, 0.6) is 0 Å². The van der Waals surface area contributed by atoms with Crippen molar-refractivity contribution in [3.05, 3.63) is 34.6 Å². The zero-order valence-electron chi connectivity index (χ0n) is 13.6. The van der Waals surface area contributed by atoms with Crippen molar-refractivity contribution in [3.8, 4) is 0 Å². The summed E-state index contributed by atoms with van der Waals surface area (Å²) in [5.41, 5.74) is 0.798. The van der Waals surface area contributed by atoms with E-state index in [-0.39, 0.29) is 17.8 Å². The highest BCUT2D eigenvalue weighted by atomic mass is 32.2. The first-order valence-electron chi connectivity index (χ1n) is 8.67. The molecule has 2 saturated heterocycles. The van der Waals surface area contributed by atoms with Gasteiger partial charge in [0.2, 0.25) is 0 Å². The number of thioether (sulfide) groups is 1. The zero-order chi connectivity index (χ0) is 16.4. The van der Waals surface area contributed by atoms with Crippen LogP contribution < -0.4 is 5.56 Å². The SMILES string of the molecule is O=c1c2ccccc2nc(SC[C@@H]2CCCO2)n1C[C@H]1CCCO1. The minimum Gasteiger partial charge on any atom is -0.377 e. The summed E-state index contributed by atoms with van der Waals surface area (Å²) >= 11 is 1.63. The maximum atomic E-state index is 13.0. The topological polar surface area (TPSA) is 53.3 Å². The molecule has 0 radical (unpaired) electrons. The molecule has 1 aromatic heterocycles. The second kappa shape index (κ2) is 7.25. The van der Waals surface area contributed by atoms with Crippen molar-refractivity contribution in [2.45, 2.75) is 49.6 Å². The Kier molecular flexibility index (Phi) is 4.87. The summed E-state index contributed by atoms with van der Waals surface area (Å²) in [5, 5.41) is 1.46. The molecule has 3 heterocycles. The van der Waals surface area contributed by atoms with Gasteiger partial charge in [-0.15, -0.1) is 0 Å². The van der Waals surface area contributed by atoms with E-state index in [9.17, 15) is 4.79 Å². The molecule has 2 aliphatic rings. The molecule has 0 saturated carbocycles. The van der Waals surface area contributed by atoms with E-state index < -0.39 is 0 Å². The number of hydrogen-bond acceptors (Lipinski definition) is 5. The van der Waals surface area contributed by atoms with Gasteiger partial charge < -0.3 is 9.47 Å². The van der Waals surface area contributed by atoms with Gasteiger partial charge in [-0.05, 0) is 37.8 Å². The third-order valence-electron chi connectivity index (χ3n) is 4.66. The number of nitrogens with zero attached hydrogens (tertiary/aromatic N) is 2. The summed E-state index contributed by atoms with van der Waals surface area (Å²) in [5.74, 6) is 0.844. The van der Waals surface area contributed by atoms with Gasteiger partial charge in [0, 0.05) is 19.0 Å². The van der Waals surface area contributed by atoms with Crippen LogP contribution in [0.15, 0.2) is 34.2 Å². The Balaban J connectivity index is 1.66. The summed E-state index contributed by atoms with van der Waals surface area (Å²) in [6, 6.07) is 7.57. The normalized spacial score (nSPS) is 24.0. The highest BCUT2D eigenvalue weighted by Gasteiger charge is 2.22. The van der Waals surface area contributed by atoms with Gasteiger partial charge in [0.1, 0.15) is 0 Å². The lowest BCUT2D eigenvalue weighted by Crippen LogP contribution is -2.29. The van der Waals surface area contributed by atoms with E-state index in [0.717, 1.165) is 55.3 Å². The molecule has 6 heteroatoms. The maximum Gasteiger partial charge on any atom is 0.262 e. The van der Waals surface area contributed by atoms with E-state index in [0.29, 0.717) is 11.9 Å². The molecule has 0 unspecified atom stereocenters.